The molecule has 0 bridgehead atoms. The Labute approximate surface area is 246 Å². The van der Waals surface area contributed by atoms with Gasteiger partial charge in [-0.05, 0) is 25.7 Å². The average Bonchev–Trinajstić information content (AvgIpc) is 2.89. The van der Waals surface area contributed by atoms with E-state index in [2.05, 4.69) is 6.92 Å². The topological polar surface area (TPSA) is 115 Å². The van der Waals surface area contributed by atoms with Crippen LogP contribution >= 0.6 is 7.82 Å². The molecule has 0 radical (unpaired) electrons. The van der Waals surface area contributed by atoms with Crippen molar-refractivity contribution in [3.63, 3.8) is 0 Å². The summed E-state index contributed by atoms with van der Waals surface area (Å²) in [5, 5.41) is 18.4. The number of rotatable bonds is 31. The van der Waals surface area contributed by atoms with E-state index in [4.69, 9.17) is 23.6 Å². The van der Waals surface area contributed by atoms with Crippen molar-refractivity contribution in [2.24, 2.45) is 0 Å². The third-order valence-corrected chi connectivity index (χ3v) is 7.87. The van der Waals surface area contributed by atoms with Crippen LogP contribution in [0, 0.1) is 0 Å². The Bertz CT molecular complexity index is 591. The van der Waals surface area contributed by atoms with Crippen LogP contribution in [0.15, 0.2) is 0 Å². The summed E-state index contributed by atoms with van der Waals surface area (Å²) in [6, 6.07) is 0. The minimum atomic E-state index is -4.18. The SMILES string of the molecule is CCCCCCCCCCCCCCCCOC[C@@H](COP(=O)(O)OCC[N+](C)(C)C)OCCCCC(O)CO. The average molecular weight is 599 g/mol. The van der Waals surface area contributed by atoms with Gasteiger partial charge in [0.15, 0.2) is 0 Å². The molecule has 0 rings (SSSR count). The van der Waals surface area contributed by atoms with Gasteiger partial charge in [-0.15, -0.1) is 0 Å². The Kier molecular flexibility index (Phi) is 26.5. The number of ether oxygens (including phenoxy) is 2. The Morgan fingerprint density at radius 3 is 1.75 bits per heavy atom. The largest absolute Gasteiger partial charge is 0.472 e. The van der Waals surface area contributed by atoms with Crippen LogP contribution in [0.3, 0.4) is 0 Å². The monoisotopic (exact) mass is 598 g/mol. The smallest absolute Gasteiger partial charge is 0.394 e. The highest BCUT2D eigenvalue weighted by molar-refractivity contribution is 7.47. The van der Waals surface area contributed by atoms with Gasteiger partial charge >= 0.3 is 7.82 Å². The zero-order chi connectivity index (χ0) is 30.0. The first-order valence-corrected chi connectivity index (χ1v) is 17.5. The molecule has 2 unspecified atom stereocenters. The van der Waals surface area contributed by atoms with Crippen LogP contribution in [0.25, 0.3) is 0 Å². The second-order valence-electron chi connectivity index (χ2n) is 12.1. The number of likely N-dealkylation sites (N-methyl/N-ethyl adjacent to an activating group) is 1. The summed E-state index contributed by atoms with van der Waals surface area (Å²) >= 11 is 0. The van der Waals surface area contributed by atoms with E-state index >= 15 is 0 Å². The quantitative estimate of drug-likeness (QED) is 0.0489. The van der Waals surface area contributed by atoms with Crippen LogP contribution in [0.5, 0.6) is 0 Å². The Hall–Kier alpha value is -0.0900. The number of aliphatic hydroxyl groups excluding tert-OH is 2. The lowest BCUT2D eigenvalue weighted by atomic mass is 10.0. The first kappa shape index (κ1) is 39.9. The van der Waals surface area contributed by atoms with Crippen molar-refractivity contribution >= 4 is 7.82 Å². The summed E-state index contributed by atoms with van der Waals surface area (Å²) in [6.07, 6.45) is 19.0. The van der Waals surface area contributed by atoms with Gasteiger partial charge in [0.2, 0.25) is 0 Å². The van der Waals surface area contributed by atoms with Gasteiger partial charge in [0.25, 0.3) is 0 Å². The normalized spacial score (nSPS) is 15.3. The van der Waals surface area contributed by atoms with E-state index in [9.17, 15) is 14.6 Å². The van der Waals surface area contributed by atoms with Gasteiger partial charge in [-0.3, -0.25) is 9.05 Å². The van der Waals surface area contributed by atoms with Gasteiger partial charge in [0.1, 0.15) is 19.3 Å². The summed E-state index contributed by atoms with van der Waals surface area (Å²) < 4.78 is 34.8. The van der Waals surface area contributed by atoms with E-state index < -0.39 is 20.0 Å². The van der Waals surface area contributed by atoms with Gasteiger partial charge in [0, 0.05) is 13.2 Å². The molecule has 242 valence electrons. The van der Waals surface area contributed by atoms with Crippen LogP contribution < -0.4 is 0 Å². The zero-order valence-corrected chi connectivity index (χ0v) is 27.3. The number of phosphoric acid groups is 1. The molecule has 0 aromatic carbocycles. The summed E-state index contributed by atoms with van der Waals surface area (Å²) in [7, 11) is 1.76. The third-order valence-electron chi connectivity index (χ3n) is 6.88. The lowest BCUT2D eigenvalue weighted by molar-refractivity contribution is -0.870. The van der Waals surface area contributed by atoms with Gasteiger partial charge in [-0.2, -0.15) is 0 Å². The molecule has 0 heterocycles. The molecule has 10 heteroatoms. The van der Waals surface area contributed by atoms with E-state index in [0.29, 0.717) is 43.5 Å². The fraction of sp³-hybridized carbons (Fsp3) is 1.00. The van der Waals surface area contributed by atoms with E-state index in [1.54, 1.807) is 0 Å². The highest BCUT2D eigenvalue weighted by atomic mass is 31.2. The van der Waals surface area contributed by atoms with Crippen molar-refractivity contribution < 1.29 is 42.7 Å². The molecule has 0 aromatic heterocycles. The maximum atomic E-state index is 12.3. The predicted molar refractivity (Wildman–Crippen MR) is 162 cm³/mol. The summed E-state index contributed by atoms with van der Waals surface area (Å²) in [6.45, 7) is 3.92. The highest BCUT2D eigenvalue weighted by Crippen LogP contribution is 2.43. The second kappa shape index (κ2) is 26.5. The van der Waals surface area contributed by atoms with Crippen LogP contribution in [0.4, 0.5) is 0 Å². The summed E-state index contributed by atoms with van der Waals surface area (Å²) in [5.41, 5.74) is 0. The fourth-order valence-corrected chi connectivity index (χ4v) is 4.97. The number of hydrogen-bond acceptors (Lipinski definition) is 7. The molecule has 0 fully saturated rings. The molecule has 0 amide bonds. The van der Waals surface area contributed by atoms with Crippen molar-refractivity contribution in [2.75, 3.05) is 67.3 Å². The van der Waals surface area contributed by atoms with Crippen LogP contribution in [0.2, 0.25) is 0 Å². The van der Waals surface area contributed by atoms with Crippen molar-refractivity contribution in [1.29, 1.82) is 0 Å². The standard InChI is InChI=1S/C30H64NO8P/c1-5-6-7-8-9-10-11-12-13-14-15-16-17-19-23-36-27-30(37-24-20-18-21-29(33)26-32)28-39-40(34,35)38-25-22-31(2,3)4/h29-30,32-33H,5-28H2,1-4H3/p+1/t29?,30-/m0/s1. The van der Waals surface area contributed by atoms with Gasteiger partial charge < -0.3 is 29.1 Å². The van der Waals surface area contributed by atoms with Crippen LogP contribution in [-0.2, 0) is 23.1 Å². The van der Waals surface area contributed by atoms with Crippen molar-refractivity contribution in [3.05, 3.63) is 0 Å². The van der Waals surface area contributed by atoms with E-state index in [1.807, 2.05) is 21.1 Å². The van der Waals surface area contributed by atoms with E-state index in [0.717, 1.165) is 12.8 Å². The number of hydrogen-bond donors (Lipinski definition) is 3. The lowest BCUT2D eigenvalue weighted by Gasteiger charge is -2.24. The van der Waals surface area contributed by atoms with Crippen molar-refractivity contribution in [1.82, 2.24) is 0 Å². The van der Waals surface area contributed by atoms with Crippen molar-refractivity contribution in [2.45, 2.75) is 128 Å². The van der Waals surface area contributed by atoms with Crippen LogP contribution in [0.1, 0.15) is 116 Å². The Balaban J connectivity index is 4.06. The third kappa shape index (κ3) is 29.4. The number of unbranched alkanes of at least 4 members (excludes halogenated alkanes) is 14. The molecule has 0 aliphatic rings. The molecule has 0 saturated heterocycles. The molecule has 3 N–H and O–H groups in total. The molecule has 0 spiro atoms. The van der Waals surface area contributed by atoms with Crippen molar-refractivity contribution in [3.8, 4) is 0 Å². The highest BCUT2D eigenvalue weighted by Gasteiger charge is 2.25. The minimum absolute atomic E-state index is 0.101. The predicted octanol–water partition coefficient (Wildman–Crippen LogP) is 6.23. The number of phosphoric ester groups is 1. The number of aliphatic hydroxyl groups is 2. The summed E-state index contributed by atoms with van der Waals surface area (Å²) in [4.78, 5) is 10.0. The molecule has 0 aliphatic heterocycles. The van der Waals surface area contributed by atoms with Gasteiger partial charge in [-0.25, -0.2) is 4.57 Å². The Morgan fingerprint density at radius 1 is 0.700 bits per heavy atom. The molecular weight excluding hydrogens is 533 g/mol. The van der Waals surface area contributed by atoms with Crippen LogP contribution in [-0.4, -0.2) is 99.1 Å². The lowest BCUT2D eigenvalue weighted by Crippen LogP contribution is -2.37. The minimum Gasteiger partial charge on any atom is -0.394 e. The fourth-order valence-electron chi connectivity index (χ4n) is 4.23. The molecular formula is C30H65NO8P+. The first-order chi connectivity index (χ1) is 19.1. The molecule has 0 aliphatic carbocycles. The Morgan fingerprint density at radius 2 is 1.23 bits per heavy atom. The molecule has 3 atom stereocenters. The first-order valence-electron chi connectivity index (χ1n) is 16.0. The number of quaternary nitrogens is 1. The maximum Gasteiger partial charge on any atom is 0.472 e. The van der Waals surface area contributed by atoms with Gasteiger partial charge in [0.05, 0.1) is 47.1 Å². The second-order valence-corrected chi connectivity index (χ2v) is 13.6. The van der Waals surface area contributed by atoms with E-state index in [-0.39, 0.29) is 26.4 Å². The molecule has 40 heavy (non-hydrogen) atoms. The number of nitrogens with zero attached hydrogens (tertiary/aromatic N) is 1. The molecule has 0 saturated carbocycles. The molecule has 0 aromatic rings. The zero-order valence-electron chi connectivity index (χ0n) is 26.4. The van der Waals surface area contributed by atoms with Gasteiger partial charge in [-0.1, -0.05) is 90.4 Å². The maximum absolute atomic E-state index is 12.3. The van der Waals surface area contributed by atoms with E-state index in [1.165, 1.54) is 77.0 Å². The molecule has 9 nitrogen and oxygen atoms in total. The summed E-state index contributed by atoms with van der Waals surface area (Å²) in [5.74, 6) is 0.